The third-order valence-corrected chi connectivity index (χ3v) is 4.16. The van der Waals surface area contributed by atoms with E-state index >= 15 is 0 Å². The van der Waals surface area contributed by atoms with Crippen molar-refractivity contribution in [2.24, 2.45) is 5.10 Å². The second-order valence-corrected chi connectivity index (χ2v) is 6.19. The summed E-state index contributed by atoms with van der Waals surface area (Å²) in [6, 6.07) is 17.1. The van der Waals surface area contributed by atoms with Crippen molar-refractivity contribution in [3.05, 3.63) is 83.0 Å². The predicted molar refractivity (Wildman–Crippen MR) is 108 cm³/mol. The number of nitrogens with zero attached hydrogens (tertiary/aromatic N) is 5. The van der Waals surface area contributed by atoms with Gasteiger partial charge in [-0.15, -0.1) is 0 Å². The molecule has 7 heteroatoms. The summed E-state index contributed by atoms with van der Waals surface area (Å²) in [4.78, 5) is 17.1. The zero-order chi connectivity index (χ0) is 19.3. The molecule has 28 heavy (non-hydrogen) atoms. The number of rotatable bonds is 6. The van der Waals surface area contributed by atoms with Gasteiger partial charge in [-0.25, -0.2) is 9.67 Å². The molecule has 0 radical (unpaired) electrons. The highest BCUT2D eigenvalue weighted by Gasteiger charge is 2.10. The standard InChI is InChI=1S/C21H19N5O2/c1-2-12-28-18-10-8-16(9-11-18)13-23-25-15-22-20-19(21(25)27)14-24-26(20)17-6-4-3-5-7-17/h3-11,13-15H,2,12H2,1H3/b23-13-. The molecular weight excluding hydrogens is 354 g/mol. The third-order valence-electron chi connectivity index (χ3n) is 4.16. The van der Waals surface area contributed by atoms with Crippen LogP contribution in [-0.4, -0.2) is 32.3 Å². The number of hydrogen-bond donors (Lipinski definition) is 0. The average molecular weight is 373 g/mol. The maximum Gasteiger partial charge on any atom is 0.285 e. The molecule has 4 rings (SSSR count). The molecule has 7 nitrogen and oxygen atoms in total. The van der Waals surface area contributed by atoms with E-state index in [0.29, 0.717) is 17.6 Å². The Hall–Kier alpha value is -3.74. The van der Waals surface area contributed by atoms with E-state index in [0.717, 1.165) is 23.4 Å². The SMILES string of the molecule is CCCOc1ccc(/C=N\n2cnc3c(cnn3-c3ccccc3)c2=O)cc1. The summed E-state index contributed by atoms with van der Waals surface area (Å²) in [6.45, 7) is 2.75. The minimum Gasteiger partial charge on any atom is -0.494 e. The fraction of sp³-hybridized carbons (Fsp3) is 0.143. The van der Waals surface area contributed by atoms with Gasteiger partial charge in [-0.3, -0.25) is 4.79 Å². The van der Waals surface area contributed by atoms with Crippen LogP contribution in [0.15, 0.2) is 77.0 Å². The quantitative estimate of drug-likeness (QED) is 0.486. The number of hydrogen-bond acceptors (Lipinski definition) is 5. The highest BCUT2D eigenvalue weighted by molar-refractivity contribution is 5.80. The van der Waals surface area contributed by atoms with Crippen LogP contribution < -0.4 is 10.3 Å². The molecule has 0 unspecified atom stereocenters. The lowest BCUT2D eigenvalue weighted by Crippen LogP contribution is -2.17. The van der Waals surface area contributed by atoms with Gasteiger partial charge < -0.3 is 4.74 Å². The van der Waals surface area contributed by atoms with Crippen LogP contribution in [0.4, 0.5) is 0 Å². The van der Waals surface area contributed by atoms with Crippen LogP contribution in [0.5, 0.6) is 5.75 Å². The molecule has 0 aliphatic heterocycles. The van der Waals surface area contributed by atoms with Crippen LogP contribution in [0.3, 0.4) is 0 Å². The number of aromatic nitrogens is 4. The first kappa shape index (κ1) is 17.7. The summed E-state index contributed by atoms with van der Waals surface area (Å²) in [5, 5.41) is 8.94. The Morgan fingerprint density at radius 2 is 1.89 bits per heavy atom. The summed E-state index contributed by atoms with van der Waals surface area (Å²) in [5.74, 6) is 0.813. The predicted octanol–water partition coefficient (Wildman–Crippen LogP) is 3.25. The molecule has 2 aromatic heterocycles. The van der Waals surface area contributed by atoms with Crippen LogP contribution >= 0.6 is 0 Å². The smallest absolute Gasteiger partial charge is 0.285 e. The van der Waals surface area contributed by atoms with E-state index in [1.165, 1.54) is 17.2 Å². The van der Waals surface area contributed by atoms with E-state index in [9.17, 15) is 4.79 Å². The molecule has 0 saturated heterocycles. The molecule has 4 aromatic rings. The average Bonchev–Trinajstić information content (AvgIpc) is 3.18. The van der Waals surface area contributed by atoms with Gasteiger partial charge in [-0.05, 0) is 48.4 Å². The van der Waals surface area contributed by atoms with Crippen molar-refractivity contribution < 1.29 is 4.74 Å². The Bertz CT molecular complexity index is 1160. The van der Waals surface area contributed by atoms with Gasteiger partial charge >= 0.3 is 0 Å². The monoisotopic (exact) mass is 373 g/mol. The maximum atomic E-state index is 12.7. The first-order chi connectivity index (χ1) is 13.8. The van der Waals surface area contributed by atoms with E-state index in [1.807, 2.05) is 54.6 Å². The highest BCUT2D eigenvalue weighted by Crippen LogP contribution is 2.13. The Balaban J connectivity index is 1.60. The Morgan fingerprint density at radius 1 is 1.11 bits per heavy atom. The molecular formula is C21H19N5O2. The summed E-state index contributed by atoms with van der Waals surface area (Å²) in [7, 11) is 0. The van der Waals surface area contributed by atoms with Gasteiger partial charge in [0.2, 0.25) is 0 Å². The molecule has 0 fully saturated rings. The second-order valence-electron chi connectivity index (χ2n) is 6.19. The van der Waals surface area contributed by atoms with E-state index in [2.05, 4.69) is 22.1 Å². The molecule has 0 saturated carbocycles. The summed E-state index contributed by atoms with van der Waals surface area (Å²) in [6.07, 6.45) is 5.49. The van der Waals surface area contributed by atoms with E-state index in [4.69, 9.17) is 4.74 Å². The molecule has 0 N–H and O–H groups in total. The van der Waals surface area contributed by atoms with Crippen molar-refractivity contribution in [2.75, 3.05) is 6.61 Å². The van der Waals surface area contributed by atoms with Crippen LogP contribution in [0.25, 0.3) is 16.7 Å². The lowest BCUT2D eigenvalue weighted by molar-refractivity contribution is 0.317. The molecule has 0 spiro atoms. The topological polar surface area (TPSA) is 74.3 Å². The van der Waals surface area contributed by atoms with Gasteiger partial charge in [-0.2, -0.15) is 14.9 Å². The normalized spacial score (nSPS) is 11.3. The van der Waals surface area contributed by atoms with Crippen molar-refractivity contribution in [3.8, 4) is 11.4 Å². The molecule has 2 heterocycles. The van der Waals surface area contributed by atoms with Crippen molar-refractivity contribution in [1.29, 1.82) is 0 Å². The van der Waals surface area contributed by atoms with E-state index in [1.54, 1.807) is 10.9 Å². The maximum absolute atomic E-state index is 12.7. The number of para-hydroxylation sites is 1. The van der Waals surface area contributed by atoms with Crippen LogP contribution in [0, 0.1) is 0 Å². The minimum atomic E-state index is -0.272. The van der Waals surface area contributed by atoms with Gasteiger partial charge in [-0.1, -0.05) is 25.1 Å². The first-order valence-electron chi connectivity index (χ1n) is 9.04. The molecule has 0 amide bonds. The summed E-state index contributed by atoms with van der Waals surface area (Å²) >= 11 is 0. The van der Waals surface area contributed by atoms with Crippen molar-refractivity contribution in [2.45, 2.75) is 13.3 Å². The van der Waals surface area contributed by atoms with Gasteiger partial charge in [0.15, 0.2) is 5.65 Å². The zero-order valence-electron chi connectivity index (χ0n) is 15.4. The summed E-state index contributed by atoms with van der Waals surface area (Å²) < 4.78 is 8.41. The van der Waals surface area contributed by atoms with Gasteiger partial charge in [0.05, 0.1) is 24.7 Å². The number of benzene rings is 2. The minimum absolute atomic E-state index is 0.272. The largest absolute Gasteiger partial charge is 0.494 e. The second kappa shape index (κ2) is 7.87. The van der Waals surface area contributed by atoms with Crippen LogP contribution in [-0.2, 0) is 0 Å². The molecule has 0 aliphatic rings. The number of ether oxygens (including phenoxy) is 1. The fourth-order valence-electron chi connectivity index (χ4n) is 2.74. The Kier molecular flexibility index (Phi) is 4.97. The van der Waals surface area contributed by atoms with Crippen molar-refractivity contribution in [3.63, 3.8) is 0 Å². The number of fused-ring (bicyclic) bond motifs is 1. The molecule has 0 atom stereocenters. The molecule has 0 aliphatic carbocycles. The molecule has 0 bridgehead atoms. The van der Waals surface area contributed by atoms with Crippen molar-refractivity contribution in [1.82, 2.24) is 19.4 Å². The zero-order valence-corrected chi connectivity index (χ0v) is 15.4. The van der Waals surface area contributed by atoms with Gasteiger partial charge in [0, 0.05) is 0 Å². The van der Waals surface area contributed by atoms with E-state index in [-0.39, 0.29) is 5.56 Å². The third kappa shape index (κ3) is 3.55. The van der Waals surface area contributed by atoms with Gasteiger partial charge in [0.1, 0.15) is 17.5 Å². The van der Waals surface area contributed by atoms with E-state index < -0.39 is 0 Å². The summed E-state index contributed by atoms with van der Waals surface area (Å²) in [5.41, 5.74) is 1.93. The Labute approximate surface area is 161 Å². The van der Waals surface area contributed by atoms with Crippen molar-refractivity contribution >= 4 is 17.2 Å². The first-order valence-corrected chi connectivity index (χ1v) is 9.04. The lowest BCUT2D eigenvalue weighted by Gasteiger charge is -2.04. The van der Waals surface area contributed by atoms with Crippen LogP contribution in [0.1, 0.15) is 18.9 Å². The van der Waals surface area contributed by atoms with Crippen LogP contribution in [0.2, 0.25) is 0 Å². The molecule has 2 aromatic carbocycles. The molecule has 140 valence electrons. The Morgan fingerprint density at radius 3 is 2.64 bits per heavy atom. The fourth-order valence-corrected chi connectivity index (χ4v) is 2.74. The lowest BCUT2D eigenvalue weighted by atomic mass is 10.2. The highest BCUT2D eigenvalue weighted by atomic mass is 16.5. The van der Waals surface area contributed by atoms with Gasteiger partial charge in [0.25, 0.3) is 5.56 Å².